The van der Waals surface area contributed by atoms with Crippen LogP contribution in [0.4, 0.5) is 11.4 Å². The summed E-state index contributed by atoms with van der Waals surface area (Å²) < 4.78 is 0. The van der Waals surface area contributed by atoms with Crippen LogP contribution in [-0.4, -0.2) is 29.0 Å². The number of aryl methyl sites for hydroxylation is 1. The molecule has 6 nitrogen and oxygen atoms in total. The number of nitro groups is 1. The van der Waals surface area contributed by atoms with Crippen molar-refractivity contribution in [1.82, 2.24) is 9.99 Å². The van der Waals surface area contributed by atoms with E-state index in [2.05, 4.69) is 10.4 Å². The summed E-state index contributed by atoms with van der Waals surface area (Å²) in [5.74, 6) is 0. The molecule has 0 spiro atoms. The molecule has 0 aliphatic rings. The lowest BCUT2D eigenvalue weighted by Gasteiger charge is -2.15. The van der Waals surface area contributed by atoms with Crippen LogP contribution in [-0.2, 0) is 0 Å². The maximum atomic E-state index is 10.8. The van der Waals surface area contributed by atoms with Crippen LogP contribution in [0.1, 0.15) is 5.69 Å². The van der Waals surface area contributed by atoms with Gasteiger partial charge >= 0.3 is 0 Å². The quantitative estimate of drug-likeness (QED) is 0.664. The van der Waals surface area contributed by atoms with Crippen molar-refractivity contribution in [1.29, 1.82) is 0 Å². The summed E-state index contributed by atoms with van der Waals surface area (Å²) in [5, 5.41) is 13.3. The number of hydrogen-bond donors (Lipinski definition) is 1. The summed E-state index contributed by atoms with van der Waals surface area (Å²) in [5.41, 5.74) is 5.60. The number of hydrogen-bond acceptors (Lipinski definition) is 5. The van der Waals surface area contributed by atoms with Crippen LogP contribution in [0.15, 0.2) is 24.3 Å². The average Bonchev–Trinajstić information content (AvgIpc) is 2.27. The van der Waals surface area contributed by atoms with Crippen molar-refractivity contribution < 1.29 is 4.92 Å². The molecule has 2 rings (SSSR count). The molecule has 1 N–H and O–H groups in total. The number of nitrogens with one attached hydrogen (secondary N) is 1. The third kappa shape index (κ3) is 2.38. The third-order valence-corrected chi connectivity index (χ3v) is 2.48. The molecule has 0 saturated heterocycles. The van der Waals surface area contributed by atoms with Gasteiger partial charge in [-0.05, 0) is 19.1 Å². The number of aromatic nitrogens is 1. The molecule has 1 aromatic heterocycles. The number of pyridine rings is 1. The average molecular weight is 246 g/mol. The maximum Gasteiger partial charge on any atom is 0.270 e. The van der Waals surface area contributed by atoms with E-state index in [-0.39, 0.29) is 5.69 Å². The summed E-state index contributed by atoms with van der Waals surface area (Å²) in [4.78, 5) is 14.8. The van der Waals surface area contributed by atoms with Gasteiger partial charge in [0.15, 0.2) is 0 Å². The molecule has 0 atom stereocenters. The Kier molecular flexibility index (Phi) is 3.12. The van der Waals surface area contributed by atoms with Crippen LogP contribution in [0.5, 0.6) is 0 Å². The molecular weight excluding hydrogens is 232 g/mol. The number of nitro benzene ring substituents is 1. The molecule has 0 aliphatic carbocycles. The van der Waals surface area contributed by atoms with Crippen molar-refractivity contribution >= 4 is 22.3 Å². The van der Waals surface area contributed by atoms with Gasteiger partial charge in [-0.3, -0.25) is 15.1 Å². The van der Waals surface area contributed by atoms with Crippen LogP contribution >= 0.6 is 0 Å². The van der Waals surface area contributed by atoms with Crippen LogP contribution < -0.4 is 5.43 Å². The number of anilines is 1. The van der Waals surface area contributed by atoms with Gasteiger partial charge in [0.05, 0.1) is 16.1 Å². The van der Waals surface area contributed by atoms with E-state index in [1.165, 1.54) is 12.1 Å². The molecule has 94 valence electrons. The van der Waals surface area contributed by atoms with Gasteiger partial charge in [0, 0.05) is 37.3 Å². The minimum Gasteiger partial charge on any atom is -0.319 e. The summed E-state index contributed by atoms with van der Waals surface area (Å²) >= 11 is 0. The molecule has 0 aliphatic heterocycles. The largest absolute Gasteiger partial charge is 0.319 e. The molecule has 0 amide bonds. The van der Waals surface area contributed by atoms with E-state index in [1.54, 1.807) is 11.1 Å². The van der Waals surface area contributed by atoms with Gasteiger partial charge in [-0.15, -0.1) is 0 Å². The first kappa shape index (κ1) is 12.3. The smallest absolute Gasteiger partial charge is 0.270 e. The molecule has 1 aromatic carbocycles. The second kappa shape index (κ2) is 4.58. The molecule has 0 fully saturated rings. The fourth-order valence-corrected chi connectivity index (χ4v) is 1.79. The molecule has 18 heavy (non-hydrogen) atoms. The highest BCUT2D eigenvalue weighted by molar-refractivity contribution is 5.92. The Morgan fingerprint density at radius 2 is 2.06 bits per heavy atom. The molecule has 0 radical (unpaired) electrons. The molecule has 2 aromatic rings. The zero-order valence-corrected chi connectivity index (χ0v) is 10.5. The Balaban J connectivity index is 2.65. The number of fused-ring (bicyclic) bond motifs is 1. The topological polar surface area (TPSA) is 71.3 Å². The third-order valence-electron chi connectivity index (χ3n) is 2.48. The van der Waals surface area contributed by atoms with E-state index in [0.29, 0.717) is 0 Å². The van der Waals surface area contributed by atoms with Crippen molar-refractivity contribution in [3.8, 4) is 0 Å². The molecular formula is C12H14N4O2. The van der Waals surface area contributed by atoms with Crippen molar-refractivity contribution in [3.05, 3.63) is 40.1 Å². The standard InChI is InChI=1S/C12H14N4O2/c1-8-6-12(14-15(2)3)10-7-9(16(17)18)4-5-11(10)13-8/h4-7H,1-3H3,(H,13,14). The van der Waals surface area contributed by atoms with Gasteiger partial charge in [0.2, 0.25) is 0 Å². The van der Waals surface area contributed by atoms with Crippen LogP contribution in [0.25, 0.3) is 10.9 Å². The van der Waals surface area contributed by atoms with Gasteiger partial charge in [-0.2, -0.15) is 0 Å². The van der Waals surface area contributed by atoms with Crippen LogP contribution in [0.2, 0.25) is 0 Å². The molecule has 1 heterocycles. The molecule has 6 heteroatoms. The Hall–Kier alpha value is -2.21. The maximum absolute atomic E-state index is 10.8. The SMILES string of the molecule is Cc1cc(NN(C)C)c2cc([N+](=O)[O-])ccc2n1. The number of rotatable bonds is 3. The summed E-state index contributed by atoms with van der Waals surface area (Å²) in [6.45, 7) is 1.89. The second-order valence-corrected chi connectivity index (χ2v) is 4.28. The lowest BCUT2D eigenvalue weighted by molar-refractivity contribution is -0.384. The Bertz CT molecular complexity index is 610. The van der Waals surface area contributed by atoms with Gasteiger partial charge < -0.3 is 5.43 Å². The Labute approximate surface area is 104 Å². The summed E-state index contributed by atoms with van der Waals surface area (Å²) in [7, 11) is 3.72. The predicted octanol–water partition coefficient (Wildman–Crippen LogP) is 2.34. The van der Waals surface area contributed by atoms with E-state index in [0.717, 1.165) is 22.3 Å². The van der Waals surface area contributed by atoms with Crippen LogP contribution in [0.3, 0.4) is 0 Å². The van der Waals surface area contributed by atoms with Crippen molar-refractivity contribution in [2.75, 3.05) is 19.5 Å². The lowest BCUT2D eigenvalue weighted by atomic mass is 10.1. The van der Waals surface area contributed by atoms with Crippen molar-refractivity contribution in [3.63, 3.8) is 0 Å². The van der Waals surface area contributed by atoms with Gasteiger partial charge in [0.1, 0.15) is 0 Å². The van der Waals surface area contributed by atoms with Gasteiger partial charge in [-0.1, -0.05) is 0 Å². The Morgan fingerprint density at radius 1 is 1.33 bits per heavy atom. The van der Waals surface area contributed by atoms with E-state index >= 15 is 0 Å². The van der Waals surface area contributed by atoms with Crippen molar-refractivity contribution in [2.24, 2.45) is 0 Å². The minimum atomic E-state index is -0.404. The van der Waals surface area contributed by atoms with Gasteiger partial charge in [-0.25, -0.2) is 5.01 Å². The van der Waals surface area contributed by atoms with E-state index < -0.39 is 4.92 Å². The first-order chi connectivity index (χ1) is 8.47. The summed E-state index contributed by atoms with van der Waals surface area (Å²) in [6.07, 6.45) is 0. The number of hydrazine groups is 1. The molecule has 0 saturated carbocycles. The second-order valence-electron chi connectivity index (χ2n) is 4.28. The van der Waals surface area contributed by atoms with Crippen molar-refractivity contribution in [2.45, 2.75) is 6.92 Å². The summed E-state index contributed by atoms with van der Waals surface area (Å²) in [6, 6.07) is 6.54. The zero-order valence-electron chi connectivity index (χ0n) is 10.5. The highest BCUT2D eigenvalue weighted by Gasteiger charge is 2.10. The van der Waals surface area contributed by atoms with E-state index in [4.69, 9.17) is 0 Å². The fourth-order valence-electron chi connectivity index (χ4n) is 1.79. The highest BCUT2D eigenvalue weighted by Crippen LogP contribution is 2.27. The molecule has 0 unspecified atom stereocenters. The minimum absolute atomic E-state index is 0.0648. The first-order valence-corrected chi connectivity index (χ1v) is 5.47. The first-order valence-electron chi connectivity index (χ1n) is 5.47. The fraction of sp³-hybridized carbons (Fsp3) is 0.250. The normalized spacial score (nSPS) is 10.9. The van der Waals surface area contributed by atoms with Gasteiger partial charge in [0.25, 0.3) is 5.69 Å². The number of non-ortho nitro benzene ring substituents is 1. The van der Waals surface area contributed by atoms with E-state index in [1.807, 2.05) is 27.1 Å². The number of nitrogens with zero attached hydrogens (tertiary/aromatic N) is 3. The highest BCUT2D eigenvalue weighted by atomic mass is 16.6. The Morgan fingerprint density at radius 3 is 2.67 bits per heavy atom. The van der Waals surface area contributed by atoms with Crippen LogP contribution in [0, 0.1) is 17.0 Å². The van der Waals surface area contributed by atoms with E-state index in [9.17, 15) is 10.1 Å². The zero-order chi connectivity index (χ0) is 13.3. The predicted molar refractivity (Wildman–Crippen MR) is 70.4 cm³/mol. The number of benzene rings is 1. The lowest BCUT2D eigenvalue weighted by Crippen LogP contribution is -2.19. The monoisotopic (exact) mass is 246 g/mol. The molecule has 0 bridgehead atoms.